The van der Waals surface area contributed by atoms with Crippen molar-refractivity contribution < 1.29 is 5.11 Å². The van der Waals surface area contributed by atoms with Crippen molar-refractivity contribution in [2.45, 2.75) is 39.8 Å². The molecular formula is C15H25ClN2O. The van der Waals surface area contributed by atoms with Crippen molar-refractivity contribution in [1.82, 2.24) is 5.32 Å². The first-order valence-corrected chi connectivity index (χ1v) is 7.35. The molecule has 0 aliphatic heterocycles. The predicted octanol–water partition coefficient (Wildman–Crippen LogP) is 3.05. The van der Waals surface area contributed by atoms with Crippen LogP contribution in [-0.2, 0) is 6.54 Å². The molecule has 1 aromatic rings. The van der Waals surface area contributed by atoms with Crippen LogP contribution in [0.2, 0.25) is 5.02 Å². The summed E-state index contributed by atoms with van der Waals surface area (Å²) in [5.74, 6) is 0. The third-order valence-electron chi connectivity index (χ3n) is 3.10. The summed E-state index contributed by atoms with van der Waals surface area (Å²) in [5, 5.41) is 13.2. The summed E-state index contributed by atoms with van der Waals surface area (Å²) in [4.78, 5) is 2.27. The Kier molecular flexibility index (Phi) is 7.21. The molecule has 0 atom stereocenters. The fraction of sp³-hybridized carbons (Fsp3) is 0.600. The molecule has 3 nitrogen and oxygen atoms in total. The molecule has 19 heavy (non-hydrogen) atoms. The second-order valence-corrected chi connectivity index (χ2v) is 5.30. The van der Waals surface area contributed by atoms with Crippen LogP contribution in [0.5, 0.6) is 0 Å². The Morgan fingerprint density at radius 3 is 2.68 bits per heavy atom. The third-order valence-corrected chi connectivity index (χ3v) is 3.41. The van der Waals surface area contributed by atoms with Crippen LogP contribution in [0.1, 0.15) is 32.8 Å². The minimum absolute atomic E-state index is 0.205. The molecule has 2 N–H and O–H groups in total. The van der Waals surface area contributed by atoms with Crippen molar-refractivity contribution in [3.05, 3.63) is 28.8 Å². The Balaban J connectivity index is 3.04. The first-order chi connectivity index (χ1) is 9.11. The zero-order chi connectivity index (χ0) is 14.3. The van der Waals surface area contributed by atoms with Crippen LogP contribution in [0.15, 0.2) is 18.2 Å². The Morgan fingerprint density at radius 2 is 2.11 bits per heavy atom. The first-order valence-electron chi connectivity index (χ1n) is 6.97. The van der Waals surface area contributed by atoms with Gasteiger partial charge in [-0.25, -0.2) is 0 Å². The summed E-state index contributed by atoms with van der Waals surface area (Å²) >= 11 is 6.39. The SMILES string of the molecule is CCNCc1cccc(Cl)c1N(CCCO)C(C)C. The number of aliphatic hydroxyl groups is 1. The lowest BCUT2D eigenvalue weighted by atomic mass is 10.1. The Hall–Kier alpha value is -0.770. The van der Waals surface area contributed by atoms with E-state index in [2.05, 4.69) is 37.1 Å². The molecule has 0 aliphatic rings. The van der Waals surface area contributed by atoms with Crippen LogP contribution in [0.3, 0.4) is 0 Å². The number of aliphatic hydroxyl groups excluding tert-OH is 1. The smallest absolute Gasteiger partial charge is 0.0643 e. The Labute approximate surface area is 121 Å². The van der Waals surface area contributed by atoms with Crippen LogP contribution < -0.4 is 10.2 Å². The number of hydrogen-bond donors (Lipinski definition) is 2. The molecule has 0 saturated heterocycles. The summed E-state index contributed by atoms with van der Waals surface area (Å²) in [6, 6.07) is 6.38. The largest absolute Gasteiger partial charge is 0.396 e. The van der Waals surface area contributed by atoms with E-state index in [0.717, 1.165) is 36.8 Å². The topological polar surface area (TPSA) is 35.5 Å². The maximum absolute atomic E-state index is 9.05. The number of para-hydroxylation sites is 1. The normalized spacial score (nSPS) is 11.1. The van der Waals surface area contributed by atoms with Gasteiger partial charge in [-0.3, -0.25) is 0 Å². The average Bonchev–Trinajstić information content (AvgIpc) is 2.38. The second-order valence-electron chi connectivity index (χ2n) is 4.89. The first kappa shape index (κ1) is 16.3. The average molecular weight is 285 g/mol. The van der Waals surface area contributed by atoms with Crippen molar-refractivity contribution >= 4 is 17.3 Å². The van der Waals surface area contributed by atoms with Gasteiger partial charge in [-0.15, -0.1) is 0 Å². The molecule has 0 fully saturated rings. The summed E-state index contributed by atoms with van der Waals surface area (Å²) in [5.41, 5.74) is 2.30. The third kappa shape index (κ3) is 4.68. The summed E-state index contributed by atoms with van der Waals surface area (Å²) in [7, 11) is 0. The van der Waals surface area contributed by atoms with E-state index in [1.54, 1.807) is 0 Å². The molecule has 0 unspecified atom stereocenters. The number of benzene rings is 1. The maximum Gasteiger partial charge on any atom is 0.0643 e. The van der Waals surface area contributed by atoms with Gasteiger partial charge in [-0.05, 0) is 38.4 Å². The number of rotatable bonds is 8. The van der Waals surface area contributed by atoms with E-state index in [1.165, 1.54) is 5.56 Å². The number of nitrogens with zero attached hydrogens (tertiary/aromatic N) is 1. The maximum atomic E-state index is 9.05. The molecule has 1 rings (SSSR count). The van der Waals surface area contributed by atoms with Gasteiger partial charge in [0.1, 0.15) is 0 Å². The van der Waals surface area contributed by atoms with E-state index in [9.17, 15) is 0 Å². The van der Waals surface area contributed by atoms with Crippen molar-refractivity contribution in [2.75, 3.05) is 24.6 Å². The highest BCUT2D eigenvalue weighted by Gasteiger charge is 2.17. The lowest BCUT2D eigenvalue weighted by molar-refractivity contribution is 0.288. The molecule has 0 aromatic heterocycles. The van der Waals surface area contributed by atoms with E-state index < -0.39 is 0 Å². The molecular weight excluding hydrogens is 260 g/mol. The minimum atomic E-state index is 0.205. The van der Waals surface area contributed by atoms with Crippen molar-refractivity contribution in [3.8, 4) is 0 Å². The van der Waals surface area contributed by atoms with Gasteiger partial charge in [0.15, 0.2) is 0 Å². The second kappa shape index (κ2) is 8.41. The highest BCUT2D eigenvalue weighted by Crippen LogP contribution is 2.31. The lowest BCUT2D eigenvalue weighted by Gasteiger charge is -2.32. The molecule has 4 heteroatoms. The van der Waals surface area contributed by atoms with Gasteiger partial charge >= 0.3 is 0 Å². The molecule has 0 saturated carbocycles. The molecule has 0 radical (unpaired) electrons. The zero-order valence-electron chi connectivity index (χ0n) is 12.1. The summed E-state index contributed by atoms with van der Waals surface area (Å²) < 4.78 is 0. The van der Waals surface area contributed by atoms with Crippen molar-refractivity contribution in [2.24, 2.45) is 0 Å². The predicted molar refractivity (Wildman–Crippen MR) is 83.0 cm³/mol. The van der Waals surface area contributed by atoms with Crippen LogP contribution in [0.25, 0.3) is 0 Å². The van der Waals surface area contributed by atoms with Gasteiger partial charge in [0, 0.05) is 25.7 Å². The molecule has 0 heterocycles. The number of anilines is 1. The fourth-order valence-corrected chi connectivity index (χ4v) is 2.46. The van der Waals surface area contributed by atoms with E-state index >= 15 is 0 Å². The molecule has 108 valence electrons. The number of hydrogen-bond acceptors (Lipinski definition) is 3. The summed E-state index contributed by atoms with van der Waals surface area (Å²) in [6.07, 6.45) is 0.754. The molecule has 0 bridgehead atoms. The molecule has 0 aliphatic carbocycles. The van der Waals surface area contributed by atoms with Crippen molar-refractivity contribution in [1.29, 1.82) is 0 Å². The molecule has 0 amide bonds. The van der Waals surface area contributed by atoms with Crippen LogP contribution >= 0.6 is 11.6 Å². The molecule has 1 aromatic carbocycles. The van der Waals surface area contributed by atoms with Crippen LogP contribution in [0.4, 0.5) is 5.69 Å². The zero-order valence-corrected chi connectivity index (χ0v) is 12.9. The Morgan fingerprint density at radius 1 is 1.37 bits per heavy atom. The highest BCUT2D eigenvalue weighted by molar-refractivity contribution is 6.33. The van der Waals surface area contributed by atoms with Crippen LogP contribution in [0, 0.1) is 0 Å². The number of nitrogens with one attached hydrogen (secondary N) is 1. The van der Waals surface area contributed by atoms with E-state index in [4.69, 9.17) is 16.7 Å². The van der Waals surface area contributed by atoms with Crippen molar-refractivity contribution in [3.63, 3.8) is 0 Å². The summed E-state index contributed by atoms with van der Waals surface area (Å²) in [6.45, 7) is 9.16. The monoisotopic (exact) mass is 284 g/mol. The van der Waals surface area contributed by atoms with E-state index in [0.29, 0.717) is 6.04 Å². The fourth-order valence-electron chi connectivity index (χ4n) is 2.15. The standard InChI is InChI=1S/C15H25ClN2O/c1-4-17-11-13-7-5-8-14(16)15(13)18(12(2)3)9-6-10-19/h5,7-8,12,17,19H,4,6,9-11H2,1-3H3. The van der Waals surface area contributed by atoms with E-state index in [1.807, 2.05) is 12.1 Å². The van der Waals surface area contributed by atoms with E-state index in [-0.39, 0.29) is 6.61 Å². The molecule has 0 spiro atoms. The van der Waals surface area contributed by atoms with Gasteiger partial charge in [-0.1, -0.05) is 30.7 Å². The van der Waals surface area contributed by atoms with Gasteiger partial charge in [0.25, 0.3) is 0 Å². The highest BCUT2D eigenvalue weighted by atomic mass is 35.5. The quantitative estimate of drug-likeness (QED) is 0.770. The van der Waals surface area contributed by atoms with Gasteiger partial charge in [0.05, 0.1) is 10.7 Å². The lowest BCUT2D eigenvalue weighted by Crippen LogP contribution is -2.33. The number of halogens is 1. The van der Waals surface area contributed by atoms with Crippen LogP contribution in [-0.4, -0.2) is 30.8 Å². The Bertz CT molecular complexity index is 382. The van der Waals surface area contributed by atoms with Gasteiger partial charge in [0.2, 0.25) is 0 Å². The minimum Gasteiger partial charge on any atom is -0.396 e. The van der Waals surface area contributed by atoms with Gasteiger partial charge in [-0.2, -0.15) is 0 Å². The van der Waals surface area contributed by atoms with Gasteiger partial charge < -0.3 is 15.3 Å².